The summed E-state index contributed by atoms with van der Waals surface area (Å²) in [5, 5.41) is 3.04. The molecule has 6 heteroatoms. The first-order chi connectivity index (χ1) is 11.3. The van der Waals surface area contributed by atoms with Crippen molar-refractivity contribution in [3.8, 4) is 0 Å². The van der Waals surface area contributed by atoms with Gasteiger partial charge in [-0.25, -0.2) is 12.7 Å². The maximum atomic E-state index is 12.5. The zero-order chi connectivity index (χ0) is 17.7. The van der Waals surface area contributed by atoms with Crippen molar-refractivity contribution in [1.82, 2.24) is 9.62 Å². The molecule has 0 aliphatic carbocycles. The van der Waals surface area contributed by atoms with E-state index in [1.807, 2.05) is 18.2 Å². The number of amides is 1. The Hall–Kier alpha value is -1.40. The second-order valence-corrected chi connectivity index (χ2v) is 8.95. The van der Waals surface area contributed by atoms with Crippen molar-refractivity contribution in [2.24, 2.45) is 11.8 Å². The monoisotopic (exact) mass is 352 g/mol. The van der Waals surface area contributed by atoms with Crippen molar-refractivity contribution in [3.05, 3.63) is 35.9 Å². The molecule has 2 rings (SSSR count). The maximum absolute atomic E-state index is 12.5. The lowest BCUT2D eigenvalue weighted by Gasteiger charge is -2.31. The first kappa shape index (κ1) is 18.9. The van der Waals surface area contributed by atoms with Gasteiger partial charge in [-0.3, -0.25) is 4.79 Å². The molecule has 0 spiro atoms. The maximum Gasteiger partial charge on any atom is 0.224 e. The normalized spacial score (nSPS) is 20.8. The van der Waals surface area contributed by atoms with Crippen LogP contribution in [0, 0.1) is 11.8 Å². The van der Waals surface area contributed by atoms with Gasteiger partial charge in [-0.1, -0.05) is 44.2 Å². The zero-order valence-corrected chi connectivity index (χ0v) is 15.6. The van der Waals surface area contributed by atoms with Gasteiger partial charge in [0, 0.05) is 25.6 Å². The molecule has 1 fully saturated rings. The van der Waals surface area contributed by atoms with Crippen molar-refractivity contribution in [3.63, 3.8) is 0 Å². The molecule has 1 aromatic rings. The molecular weight excluding hydrogens is 324 g/mol. The van der Waals surface area contributed by atoms with Crippen LogP contribution in [0.1, 0.15) is 38.2 Å². The Morgan fingerprint density at radius 3 is 2.54 bits per heavy atom. The van der Waals surface area contributed by atoms with Gasteiger partial charge in [-0.2, -0.15) is 0 Å². The van der Waals surface area contributed by atoms with Gasteiger partial charge in [0.05, 0.1) is 12.2 Å². The number of nitrogens with one attached hydrogen (secondary N) is 1. The molecule has 1 N–H and O–H groups in total. The van der Waals surface area contributed by atoms with Crippen LogP contribution in [-0.2, 0) is 14.8 Å². The average molecular weight is 353 g/mol. The van der Waals surface area contributed by atoms with Gasteiger partial charge in [-0.05, 0) is 24.3 Å². The molecule has 1 aromatic carbocycles. The summed E-state index contributed by atoms with van der Waals surface area (Å²) in [5.74, 6) is 0.373. The summed E-state index contributed by atoms with van der Waals surface area (Å²) >= 11 is 0. The summed E-state index contributed by atoms with van der Waals surface area (Å²) in [6, 6.07) is 10.2. The quantitative estimate of drug-likeness (QED) is 0.854. The molecule has 2 atom stereocenters. The van der Waals surface area contributed by atoms with Crippen LogP contribution in [0.5, 0.6) is 0 Å². The molecular formula is C18H28N2O3S. The van der Waals surface area contributed by atoms with Gasteiger partial charge in [0.15, 0.2) is 0 Å². The van der Waals surface area contributed by atoms with Gasteiger partial charge in [0.1, 0.15) is 0 Å². The van der Waals surface area contributed by atoms with E-state index in [-0.39, 0.29) is 17.7 Å². The first-order valence-corrected chi connectivity index (χ1v) is 10.4. The Bertz CT molecular complexity index is 643. The standard InChI is InChI=1S/C18H28N2O3S/c1-14(2)17(15-8-5-4-6-9-15)12-19-18(21)16-10-7-11-20(13-16)24(3,22)23/h4-6,8-9,14,16-17H,7,10-13H2,1-3H3,(H,19,21)/t16-,17-/m0/s1. The van der Waals surface area contributed by atoms with Crippen molar-refractivity contribution in [2.75, 3.05) is 25.9 Å². The second-order valence-electron chi connectivity index (χ2n) is 6.97. The lowest BCUT2D eigenvalue weighted by molar-refractivity contribution is -0.126. The largest absolute Gasteiger partial charge is 0.355 e. The zero-order valence-electron chi connectivity index (χ0n) is 14.7. The molecule has 1 amide bonds. The molecule has 0 radical (unpaired) electrons. The minimum absolute atomic E-state index is 0.0371. The summed E-state index contributed by atoms with van der Waals surface area (Å²) in [5.41, 5.74) is 1.22. The van der Waals surface area contributed by atoms with Gasteiger partial charge in [-0.15, -0.1) is 0 Å². The van der Waals surface area contributed by atoms with Crippen LogP contribution in [-0.4, -0.2) is 44.5 Å². The van der Waals surface area contributed by atoms with E-state index in [4.69, 9.17) is 0 Å². The Balaban J connectivity index is 1.96. The summed E-state index contributed by atoms with van der Waals surface area (Å²) in [7, 11) is -3.23. The van der Waals surface area contributed by atoms with Gasteiger partial charge < -0.3 is 5.32 Å². The predicted octanol–water partition coefficient (Wildman–Crippen LogP) is 2.21. The van der Waals surface area contributed by atoms with Crippen LogP contribution in [0.2, 0.25) is 0 Å². The number of benzene rings is 1. The predicted molar refractivity (Wildman–Crippen MR) is 96.2 cm³/mol. The highest BCUT2D eigenvalue weighted by atomic mass is 32.2. The highest BCUT2D eigenvalue weighted by Gasteiger charge is 2.30. The van der Waals surface area contributed by atoms with Crippen molar-refractivity contribution in [1.29, 1.82) is 0 Å². The lowest BCUT2D eigenvalue weighted by Crippen LogP contribution is -2.45. The van der Waals surface area contributed by atoms with E-state index in [2.05, 4.69) is 31.3 Å². The average Bonchev–Trinajstić information content (AvgIpc) is 2.55. The smallest absolute Gasteiger partial charge is 0.224 e. The van der Waals surface area contributed by atoms with E-state index in [9.17, 15) is 13.2 Å². The van der Waals surface area contributed by atoms with Crippen molar-refractivity contribution >= 4 is 15.9 Å². The Labute approximate surface area is 145 Å². The number of hydrogen-bond donors (Lipinski definition) is 1. The van der Waals surface area contributed by atoms with Crippen LogP contribution in [0.15, 0.2) is 30.3 Å². The van der Waals surface area contributed by atoms with Gasteiger partial charge >= 0.3 is 0 Å². The van der Waals surface area contributed by atoms with E-state index in [0.29, 0.717) is 25.6 Å². The second kappa shape index (κ2) is 8.12. The fraction of sp³-hybridized carbons (Fsp3) is 0.611. The van der Waals surface area contributed by atoms with Crippen LogP contribution < -0.4 is 5.32 Å². The van der Waals surface area contributed by atoms with Crippen LogP contribution in [0.25, 0.3) is 0 Å². The molecule has 0 saturated carbocycles. The summed E-state index contributed by atoms with van der Waals surface area (Å²) < 4.78 is 24.8. The fourth-order valence-corrected chi connectivity index (χ4v) is 4.16. The molecule has 5 nitrogen and oxygen atoms in total. The number of carbonyl (C=O) groups is 1. The van der Waals surface area contributed by atoms with Crippen molar-refractivity contribution < 1.29 is 13.2 Å². The Kier molecular flexibility index (Phi) is 6.40. The first-order valence-electron chi connectivity index (χ1n) is 8.57. The fourth-order valence-electron chi connectivity index (χ4n) is 3.25. The minimum atomic E-state index is -3.23. The van der Waals surface area contributed by atoms with E-state index in [0.717, 1.165) is 12.8 Å². The van der Waals surface area contributed by atoms with Gasteiger partial charge in [0.25, 0.3) is 0 Å². The Morgan fingerprint density at radius 2 is 1.96 bits per heavy atom. The van der Waals surface area contributed by atoms with Crippen molar-refractivity contribution in [2.45, 2.75) is 32.6 Å². The SMILES string of the molecule is CC(C)[C@H](CNC(=O)[C@H]1CCCN(S(C)(=O)=O)C1)c1ccccc1. The highest BCUT2D eigenvalue weighted by molar-refractivity contribution is 7.88. The van der Waals surface area contributed by atoms with Crippen LogP contribution >= 0.6 is 0 Å². The lowest BCUT2D eigenvalue weighted by atomic mass is 9.88. The van der Waals surface area contributed by atoms with Gasteiger partial charge in [0.2, 0.25) is 15.9 Å². The number of sulfonamides is 1. The number of rotatable bonds is 6. The topological polar surface area (TPSA) is 66.5 Å². The molecule has 134 valence electrons. The van der Waals surface area contributed by atoms with E-state index in [1.165, 1.54) is 16.1 Å². The minimum Gasteiger partial charge on any atom is -0.355 e. The third kappa shape index (κ3) is 5.05. The molecule has 1 aliphatic rings. The van der Waals surface area contributed by atoms with Crippen LogP contribution in [0.3, 0.4) is 0 Å². The number of nitrogens with zero attached hydrogens (tertiary/aromatic N) is 1. The summed E-state index contributed by atoms with van der Waals surface area (Å²) in [4.78, 5) is 12.5. The van der Waals surface area contributed by atoms with E-state index >= 15 is 0 Å². The third-order valence-electron chi connectivity index (χ3n) is 4.75. The molecule has 1 aliphatic heterocycles. The number of piperidine rings is 1. The summed E-state index contributed by atoms with van der Waals surface area (Å²) in [6.45, 7) is 5.69. The number of hydrogen-bond acceptors (Lipinski definition) is 3. The molecule has 1 heterocycles. The third-order valence-corrected chi connectivity index (χ3v) is 6.02. The number of carbonyl (C=O) groups excluding carboxylic acids is 1. The Morgan fingerprint density at radius 1 is 1.29 bits per heavy atom. The van der Waals surface area contributed by atoms with E-state index in [1.54, 1.807) is 0 Å². The van der Waals surface area contributed by atoms with Crippen LogP contribution in [0.4, 0.5) is 0 Å². The molecule has 0 bridgehead atoms. The highest BCUT2D eigenvalue weighted by Crippen LogP contribution is 2.24. The van der Waals surface area contributed by atoms with E-state index < -0.39 is 10.0 Å². The molecule has 1 saturated heterocycles. The summed E-state index contributed by atoms with van der Waals surface area (Å²) in [6.07, 6.45) is 2.68. The molecule has 24 heavy (non-hydrogen) atoms. The molecule has 0 unspecified atom stereocenters. The molecule has 0 aromatic heterocycles.